The highest BCUT2D eigenvalue weighted by Gasteiger charge is 2.49. The highest BCUT2D eigenvalue weighted by Crippen LogP contribution is 2.44. The van der Waals surface area contributed by atoms with Gasteiger partial charge in [-0.15, -0.1) is 0 Å². The smallest absolute Gasteiger partial charge is 0.309 e. The Hall–Kier alpha value is -0.610. The molecule has 3 rings (SSSR count). The molecule has 0 aromatic heterocycles. The van der Waals surface area contributed by atoms with Crippen molar-refractivity contribution in [2.75, 3.05) is 0 Å². The van der Waals surface area contributed by atoms with Gasteiger partial charge in [0.15, 0.2) is 0 Å². The number of aliphatic hydroxyl groups excluding tert-OH is 1. The summed E-state index contributed by atoms with van der Waals surface area (Å²) in [4.78, 5) is 12.3. The van der Waals surface area contributed by atoms with E-state index in [9.17, 15) is 9.90 Å². The Morgan fingerprint density at radius 1 is 1.15 bits per heavy atom. The Labute approximate surface area is 120 Å². The predicted molar refractivity (Wildman–Crippen MR) is 74.1 cm³/mol. The van der Waals surface area contributed by atoms with E-state index < -0.39 is 5.60 Å². The molecular weight excluding hydrogens is 256 g/mol. The zero-order valence-electron chi connectivity index (χ0n) is 12.5. The number of fused-ring (bicyclic) bond motifs is 1. The molecule has 2 saturated carbocycles. The molecule has 1 aliphatic heterocycles. The maximum absolute atomic E-state index is 12.3. The van der Waals surface area contributed by atoms with Crippen LogP contribution >= 0.6 is 0 Å². The molecule has 1 N–H and O–H groups in total. The second-order valence-electron chi connectivity index (χ2n) is 7.26. The van der Waals surface area contributed by atoms with Crippen molar-refractivity contribution in [2.24, 2.45) is 11.8 Å². The van der Waals surface area contributed by atoms with Crippen molar-refractivity contribution in [2.45, 2.75) is 82.7 Å². The number of aliphatic hydroxyl groups is 1. The molecular formula is C16H26O4. The number of carbonyl (C=O) groups excluding carboxylic acids is 1. The van der Waals surface area contributed by atoms with Crippen LogP contribution in [0.3, 0.4) is 0 Å². The fraction of sp³-hybridized carbons (Fsp3) is 0.938. The van der Waals surface area contributed by atoms with Gasteiger partial charge in [0.1, 0.15) is 5.60 Å². The first-order chi connectivity index (χ1) is 9.45. The molecule has 20 heavy (non-hydrogen) atoms. The minimum atomic E-state index is -0.420. The minimum Gasteiger partial charge on any atom is -0.459 e. The predicted octanol–water partition coefficient (Wildman–Crippen LogP) is 2.43. The molecule has 4 heteroatoms. The summed E-state index contributed by atoms with van der Waals surface area (Å²) in [6.07, 6.45) is 6.89. The molecule has 1 saturated heterocycles. The summed E-state index contributed by atoms with van der Waals surface area (Å²) in [5.74, 6) is 0.155. The van der Waals surface area contributed by atoms with Crippen LogP contribution in [0, 0.1) is 11.8 Å². The van der Waals surface area contributed by atoms with Crippen LogP contribution in [0.2, 0.25) is 0 Å². The summed E-state index contributed by atoms with van der Waals surface area (Å²) in [5, 5.41) is 9.69. The summed E-state index contributed by atoms with van der Waals surface area (Å²) in [7, 11) is 0. The third kappa shape index (κ3) is 3.01. The van der Waals surface area contributed by atoms with Crippen molar-refractivity contribution in [3.63, 3.8) is 0 Å². The first-order valence-corrected chi connectivity index (χ1v) is 8.02. The van der Waals surface area contributed by atoms with E-state index in [0.29, 0.717) is 24.5 Å². The van der Waals surface area contributed by atoms with Gasteiger partial charge in [-0.1, -0.05) is 6.42 Å². The number of hydrogen-bond donors (Lipinski definition) is 1. The SMILES string of the molecule is CC(C)(OC(=O)C1CCCC(O)C1)C1CCC2OC2C1. The van der Waals surface area contributed by atoms with Gasteiger partial charge in [0.05, 0.1) is 24.2 Å². The van der Waals surface area contributed by atoms with Crippen LogP contribution in [-0.2, 0) is 14.3 Å². The van der Waals surface area contributed by atoms with Gasteiger partial charge in [0, 0.05) is 5.92 Å². The average molecular weight is 282 g/mol. The van der Waals surface area contributed by atoms with Crippen LogP contribution in [0.5, 0.6) is 0 Å². The van der Waals surface area contributed by atoms with Gasteiger partial charge >= 0.3 is 5.97 Å². The molecule has 4 nitrogen and oxygen atoms in total. The van der Waals surface area contributed by atoms with E-state index in [1.165, 1.54) is 0 Å². The van der Waals surface area contributed by atoms with Crippen molar-refractivity contribution in [3.05, 3.63) is 0 Å². The second kappa shape index (κ2) is 5.30. The van der Waals surface area contributed by atoms with E-state index in [2.05, 4.69) is 0 Å². The van der Waals surface area contributed by atoms with Crippen LogP contribution in [0.25, 0.3) is 0 Å². The van der Waals surface area contributed by atoms with Gasteiger partial charge in [-0.2, -0.15) is 0 Å². The molecule has 0 aromatic rings. The Kier molecular flexibility index (Phi) is 3.80. The molecule has 114 valence electrons. The molecule has 5 atom stereocenters. The standard InChI is InChI=1S/C16H26O4/c1-16(2,11-6-7-13-14(9-11)19-13)20-15(18)10-4-3-5-12(17)8-10/h10-14,17H,3-9H2,1-2H3. The average Bonchev–Trinajstić information content (AvgIpc) is 3.16. The van der Waals surface area contributed by atoms with E-state index in [-0.39, 0.29) is 18.0 Å². The number of hydrogen-bond acceptors (Lipinski definition) is 4. The second-order valence-corrected chi connectivity index (χ2v) is 7.26. The number of esters is 1. The number of epoxide rings is 1. The largest absolute Gasteiger partial charge is 0.459 e. The van der Waals surface area contributed by atoms with Gasteiger partial charge < -0.3 is 14.6 Å². The normalized spacial score (nSPS) is 40.9. The lowest BCUT2D eigenvalue weighted by Gasteiger charge is -2.37. The van der Waals surface area contributed by atoms with Crippen molar-refractivity contribution < 1.29 is 19.4 Å². The maximum Gasteiger partial charge on any atom is 0.309 e. The van der Waals surface area contributed by atoms with Gasteiger partial charge in [0.25, 0.3) is 0 Å². The minimum absolute atomic E-state index is 0.118. The van der Waals surface area contributed by atoms with Gasteiger partial charge in [-0.25, -0.2) is 0 Å². The van der Waals surface area contributed by atoms with E-state index in [4.69, 9.17) is 9.47 Å². The van der Waals surface area contributed by atoms with Gasteiger partial charge in [-0.05, 0) is 52.4 Å². The van der Waals surface area contributed by atoms with Crippen molar-refractivity contribution in [3.8, 4) is 0 Å². The Morgan fingerprint density at radius 2 is 1.95 bits per heavy atom. The molecule has 2 aliphatic carbocycles. The third-order valence-electron chi connectivity index (χ3n) is 5.33. The molecule has 0 aromatic carbocycles. The zero-order chi connectivity index (χ0) is 14.3. The maximum atomic E-state index is 12.3. The summed E-state index contributed by atoms with van der Waals surface area (Å²) in [6.45, 7) is 4.05. The van der Waals surface area contributed by atoms with E-state index in [1.54, 1.807) is 0 Å². The summed E-state index contributed by atoms with van der Waals surface area (Å²) >= 11 is 0. The molecule has 0 spiro atoms. The van der Waals surface area contributed by atoms with Crippen molar-refractivity contribution in [1.82, 2.24) is 0 Å². The van der Waals surface area contributed by atoms with Gasteiger partial charge in [-0.3, -0.25) is 4.79 Å². The third-order valence-corrected chi connectivity index (χ3v) is 5.33. The monoisotopic (exact) mass is 282 g/mol. The van der Waals surface area contributed by atoms with Gasteiger partial charge in [0.2, 0.25) is 0 Å². The Balaban J connectivity index is 1.56. The lowest BCUT2D eigenvalue weighted by atomic mass is 9.78. The highest BCUT2D eigenvalue weighted by atomic mass is 16.6. The topological polar surface area (TPSA) is 59.1 Å². The molecule has 0 bridgehead atoms. The lowest BCUT2D eigenvalue weighted by Crippen LogP contribution is -2.41. The van der Waals surface area contributed by atoms with Crippen LogP contribution < -0.4 is 0 Å². The number of rotatable bonds is 3. The van der Waals surface area contributed by atoms with Crippen LogP contribution in [-0.4, -0.2) is 35.0 Å². The van der Waals surface area contributed by atoms with E-state index in [0.717, 1.165) is 38.5 Å². The van der Waals surface area contributed by atoms with Crippen LogP contribution in [0.4, 0.5) is 0 Å². The first-order valence-electron chi connectivity index (χ1n) is 8.02. The molecule has 1 heterocycles. The molecule has 0 radical (unpaired) electrons. The summed E-state index contributed by atoms with van der Waals surface area (Å²) in [5.41, 5.74) is -0.420. The molecule has 5 unspecified atom stereocenters. The molecule has 0 amide bonds. The summed E-state index contributed by atoms with van der Waals surface area (Å²) < 4.78 is 11.4. The number of ether oxygens (including phenoxy) is 2. The number of carbonyl (C=O) groups is 1. The lowest BCUT2D eigenvalue weighted by molar-refractivity contribution is -0.170. The highest BCUT2D eigenvalue weighted by molar-refractivity contribution is 5.73. The first kappa shape index (κ1) is 14.3. The van der Waals surface area contributed by atoms with E-state index >= 15 is 0 Å². The quantitative estimate of drug-likeness (QED) is 0.638. The Bertz CT molecular complexity index is 379. The zero-order valence-corrected chi connectivity index (χ0v) is 12.5. The Morgan fingerprint density at radius 3 is 2.65 bits per heavy atom. The van der Waals surface area contributed by atoms with Crippen LogP contribution in [0.15, 0.2) is 0 Å². The van der Waals surface area contributed by atoms with Crippen molar-refractivity contribution in [1.29, 1.82) is 0 Å². The van der Waals surface area contributed by atoms with E-state index in [1.807, 2.05) is 13.8 Å². The van der Waals surface area contributed by atoms with Crippen molar-refractivity contribution >= 4 is 5.97 Å². The van der Waals surface area contributed by atoms with Crippen LogP contribution in [0.1, 0.15) is 58.8 Å². The summed E-state index contributed by atoms with van der Waals surface area (Å²) in [6, 6.07) is 0. The molecule has 3 fully saturated rings. The molecule has 3 aliphatic rings. The fourth-order valence-corrected chi connectivity index (χ4v) is 3.84. The fourth-order valence-electron chi connectivity index (χ4n) is 3.84.